The van der Waals surface area contributed by atoms with E-state index in [0.29, 0.717) is 12.4 Å². The molecule has 0 spiro atoms. The van der Waals surface area contributed by atoms with Crippen LogP contribution in [-0.2, 0) is 20.9 Å². The lowest BCUT2D eigenvalue weighted by molar-refractivity contribution is -0.125. The highest BCUT2D eigenvalue weighted by Gasteiger charge is 2.30. The lowest BCUT2D eigenvalue weighted by Gasteiger charge is -2.14. The first-order valence-corrected chi connectivity index (χ1v) is 10.5. The van der Waals surface area contributed by atoms with Gasteiger partial charge >= 0.3 is 0 Å². The molecule has 6 nitrogen and oxygen atoms in total. The summed E-state index contributed by atoms with van der Waals surface area (Å²) in [5, 5.41) is 1.23. The molecule has 3 aromatic rings. The zero-order valence-electron chi connectivity index (χ0n) is 16.8. The van der Waals surface area contributed by atoms with E-state index >= 15 is 0 Å². The van der Waals surface area contributed by atoms with E-state index in [9.17, 15) is 14.4 Å². The van der Waals surface area contributed by atoms with Crippen LogP contribution in [0.25, 0.3) is 16.2 Å². The summed E-state index contributed by atoms with van der Waals surface area (Å²) in [7, 11) is 1.78. The molecule has 1 fully saturated rings. The normalized spacial score (nSPS) is 14.3. The summed E-state index contributed by atoms with van der Waals surface area (Å²) in [5.41, 5.74) is 1.93. The molecule has 0 aliphatic carbocycles. The van der Waals surface area contributed by atoms with E-state index in [-0.39, 0.29) is 30.6 Å². The fourth-order valence-electron chi connectivity index (χ4n) is 3.42. The Morgan fingerprint density at radius 1 is 1.17 bits per heavy atom. The summed E-state index contributed by atoms with van der Waals surface area (Å²) in [6.07, 6.45) is 5.19. The third-order valence-corrected chi connectivity index (χ3v) is 6.43. The Morgan fingerprint density at radius 3 is 2.57 bits per heavy atom. The maximum Gasteiger partial charge on any atom is 0.246 e. The van der Waals surface area contributed by atoms with Gasteiger partial charge < -0.3 is 4.90 Å². The number of anilines is 1. The van der Waals surface area contributed by atoms with E-state index in [4.69, 9.17) is 0 Å². The lowest BCUT2D eigenvalue weighted by Crippen LogP contribution is -2.29. The van der Waals surface area contributed by atoms with E-state index < -0.39 is 0 Å². The van der Waals surface area contributed by atoms with E-state index in [1.54, 1.807) is 47.7 Å². The predicted octanol–water partition coefficient (Wildman–Crippen LogP) is 3.93. The molecule has 0 saturated carbocycles. The van der Waals surface area contributed by atoms with Crippen LogP contribution in [0.2, 0.25) is 0 Å². The van der Waals surface area contributed by atoms with Crippen molar-refractivity contribution in [1.82, 2.24) is 9.88 Å². The lowest BCUT2D eigenvalue weighted by atomic mass is 10.1. The minimum Gasteiger partial charge on any atom is -0.337 e. The number of imide groups is 1. The summed E-state index contributed by atoms with van der Waals surface area (Å²) in [4.78, 5) is 44.3. The van der Waals surface area contributed by atoms with Crippen LogP contribution in [0.4, 0.5) is 5.82 Å². The van der Waals surface area contributed by atoms with Crippen LogP contribution in [0, 0.1) is 6.92 Å². The fraction of sp³-hybridized carbons (Fsp3) is 0.217. The number of rotatable bonds is 5. The maximum atomic E-state index is 12.5. The van der Waals surface area contributed by atoms with Gasteiger partial charge in [0.2, 0.25) is 17.7 Å². The van der Waals surface area contributed by atoms with Crippen molar-refractivity contribution >= 4 is 51.0 Å². The smallest absolute Gasteiger partial charge is 0.246 e. The second-order valence-corrected chi connectivity index (χ2v) is 8.38. The van der Waals surface area contributed by atoms with Crippen molar-refractivity contribution in [2.75, 3.05) is 11.9 Å². The number of amides is 3. The molecule has 1 aliphatic heterocycles. The Morgan fingerprint density at radius 2 is 1.90 bits per heavy atom. The summed E-state index contributed by atoms with van der Waals surface area (Å²) < 4.78 is 1.22. The molecule has 3 heterocycles. The Balaban J connectivity index is 1.42. The molecule has 4 rings (SSSR count). The molecule has 30 heavy (non-hydrogen) atoms. The molecule has 0 N–H and O–H groups in total. The van der Waals surface area contributed by atoms with Gasteiger partial charge in [-0.05, 0) is 47.7 Å². The molecular weight excluding hydrogens is 398 g/mol. The molecule has 152 valence electrons. The topological polar surface area (TPSA) is 70.6 Å². The molecule has 2 aromatic heterocycles. The summed E-state index contributed by atoms with van der Waals surface area (Å²) in [5.74, 6) is -0.252. The number of hydrogen-bond donors (Lipinski definition) is 0. The molecule has 3 amide bonds. The summed E-state index contributed by atoms with van der Waals surface area (Å²) >= 11 is 1.71. The number of aryl methyl sites for hydroxylation is 1. The Kier molecular flexibility index (Phi) is 5.46. The van der Waals surface area contributed by atoms with Crippen LogP contribution >= 0.6 is 11.3 Å². The van der Waals surface area contributed by atoms with E-state index in [1.165, 1.54) is 26.6 Å². The second-order valence-electron chi connectivity index (χ2n) is 7.25. The molecular formula is C23H21N3O3S. The van der Waals surface area contributed by atoms with Crippen LogP contribution in [0.15, 0.2) is 48.7 Å². The van der Waals surface area contributed by atoms with Gasteiger partial charge in [-0.25, -0.2) is 9.88 Å². The van der Waals surface area contributed by atoms with Crippen LogP contribution < -0.4 is 4.90 Å². The van der Waals surface area contributed by atoms with Crippen molar-refractivity contribution in [2.45, 2.75) is 26.3 Å². The third-order valence-electron chi connectivity index (χ3n) is 5.17. The van der Waals surface area contributed by atoms with Crippen molar-refractivity contribution in [3.05, 3.63) is 64.7 Å². The Hall–Kier alpha value is -3.32. The first-order valence-electron chi connectivity index (χ1n) is 9.66. The van der Waals surface area contributed by atoms with Crippen LogP contribution in [-0.4, -0.2) is 34.7 Å². The minimum atomic E-state index is -0.232. The first kappa shape index (κ1) is 20.0. The minimum absolute atomic E-state index is 0.110. The van der Waals surface area contributed by atoms with Crippen LogP contribution in [0.1, 0.15) is 28.8 Å². The molecule has 1 aliphatic rings. The number of pyridine rings is 1. The third kappa shape index (κ3) is 3.89. The molecule has 0 radical (unpaired) electrons. The maximum absolute atomic E-state index is 12.5. The van der Waals surface area contributed by atoms with Gasteiger partial charge in [-0.15, -0.1) is 11.3 Å². The van der Waals surface area contributed by atoms with Gasteiger partial charge in [0.1, 0.15) is 5.82 Å². The van der Waals surface area contributed by atoms with Gasteiger partial charge in [-0.3, -0.25) is 14.4 Å². The quantitative estimate of drug-likeness (QED) is 0.464. The summed E-state index contributed by atoms with van der Waals surface area (Å²) in [6.45, 7) is 2.64. The zero-order chi connectivity index (χ0) is 21.3. The van der Waals surface area contributed by atoms with Crippen molar-refractivity contribution in [3.63, 3.8) is 0 Å². The van der Waals surface area contributed by atoms with E-state index in [2.05, 4.69) is 24.0 Å². The van der Waals surface area contributed by atoms with Crippen molar-refractivity contribution in [3.8, 4) is 0 Å². The average Bonchev–Trinajstić information content (AvgIpc) is 3.25. The molecule has 0 unspecified atom stereocenters. The van der Waals surface area contributed by atoms with Crippen molar-refractivity contribution in [1.29, 1.82) is 0 Å². The Bertz CT molecular complexity index is 1150. The highest BCUT2D eigenvalue weighted by molar-refractivity contribution is 7.19. The Labute approximate surface area is 178 Å². The molecule has 1 aromatic carbocycles. The highest BCUT2D eigenvalue weighted by Crippen LogP contribution is 2.31. The number of carbonyl (C=O) groups excluding carboxylic acids is 3. The number of carbonyl (C=O) groups is 3. The van der Waals surface area contributed by atoms with E-state index in [1.807, 2.05) is 12.1 Å². The number of likely N-dealkylation sites (N-methyl/N-ethyl adjacent to an activating group) is 1. The van der Waals surface area contributed by atoms with Crippen molar-refractivity contribution < 1.29 is 14.4 Å². The second kappa shape index (κ2) is 8.20. The molecule has 0 atom stereocenters. The van der Waals surface area contributed by atoms with Gasteiger partial charge in [0, 0.05) is 41.7 Å². The van der Waals surface area contributed by atoms with Gasteiger partial charge in [-0.1, -0.05) is 18.2 Å². The van der Waals surface area contributed by atoms with Gasteiger partial charge in [-0.2, -0.15) is 0 Å². The number of aromatic nitrogens is 1. The number of thiophene rings is 1. The van der Waals surface area contributed by atoms with E-state index in [0.717, 1.165) is 10.5 Å². The van der Waals surface area contributed by atoms with Gasteiger partial charge in [0.25, 0.3) is 0 Å². The summed E-state index contributed by atoms with van der Waals surface area (Å²) in [6, 6.07) is 11.6. The fourth-order valence-corrected chi connectivity index (χ4v) is 4.69. The monoisotopic (exact) mass is 419 g/mol. The SMILES string of the molecule is Cc1c(CN(C)C(=O)/C=C/c2ccc(N3C(=O)CCC3=O)nc2)sc2ccccc12. The van der Waals surface area contributed by atoms with Crippen LogP contribution in [0.5, 0.6) is 0 Å². The predicted molar refractivity (Wildman–Crippen MR) is 118 cm³/mol. The van der Waals surface area contributed by atoms with Gasteiger partial charge in [0.05, 0.1) is 6.54 Å². The van der Waals surface area contributed by atoms with Gasteiger partial charge in [0.15, 0.2) is 0 Å². The number of nitrogens with zero attached hydrogens (tertiary/aromatic N) is 3. The average molecular weight is 420 g/mol. The standard InChI is InChI=1S/C23H21N3O3S/c1-15-17-5-3-4-6-18(17)30-19(15)14-25(2)21(27)10-8-16-7-9-20(24-13-16)26-22(28)11-12-23(26)29/h3-10,13H,11-12,14H2,1-2H3/b10-8+. The van der Waals surface area contributed by atoms with Crippen LogP contribution in [0.3, 0.4) is 0 Å². The molecule has 1 saturated heterocycles. The first-order chi connectivity index (χ1) is 14.4. The van der Waals surface area contributed by atoms with Crippen molar-refractivity contribution in [2.24, 2.45) is 0 Å². The molecule has 0 bridgehead atoms. The zero-order valence-corrected chi connectivity index (χ0v) is 17.6. The number of hydrogen-bond acceptors (Lipinski definition) is 5. The number of benzene rings is 1. The number of fused-ring (bicyclic) bond motifs is 1. The largest absolute Gasteiger partial charge is 0.337 e. The molecule has 7 heteroatoms. The highest BCUT2D eigenvalue weighted by atomic mass is 32.1.